The zero-order valence-electron chi connectivity index (χ0n) is 17.8. The lowest BCUT2D eigenvalue weighted by Gasteiger charge is -2.33. The minimum Gasteiger partial charge on any atom is -0.356 e. The summed E-state index contributed by atoms with van der Waals surface area (Å²) in [6.07, 6.45) is 12.2. The van der Waals surface area contributed by atoms with Crippen LogP contribution in [0.15, 0.2) is 0 Å². The van der Waals surface area contributed by atoms with Crippen molar-refractivity contribution in [3.63, 3.8) is 0 Å². The Balaban J connectivity index is 1.27. The Kier molecular flexibility index (Phi) is 8.44. The highest BCUT2D eigenvalue weighted by molar-refractivity contribution is 5.76. The van der Waals surface area contributed by atoms with Gasteiger partial charge < -0.3 is 20.4 Å². The van der Waals surface area contributed by atoms with Gasteiger partial charge in [-0.2, -0.15) is 0 Å². The van der Waals surface area contributed by atoms with Crippen molar-refractivity contribution in [2.45, 2.75) is 89.6 Å². The molecule has 1 atom stereocenters. The van der Waals surface area contributed by atoms with Gasteiger partial charge in [0.1, 0.15) is 0 Å². The van der Waals surface area contributed by atoms with Crippen LogP contribution < -0.4 is 10.6 Å². The number of urea groups is 1. The summed E-state index contributed by atoms with van der Waals surface area (Å²) in [6.45, 7) is 7.03. The van der Waals surface area contributed by atoms with Crippen molar-refractivity contribution in [1.82, 2.24) is 20.4 Å². The van der Waals surface area contributed by atoms with Crippen molar-refractivity contribution < 1.29 is 9.59 Å². The molecular formula is C22H40N4O2. The second kappa shape index (κ2) is 11.0. The first-order valence-electron chi connectivity index (χ1n) is 11.7. The van der Waals surface area contributed by atoms with Crippen LogP contribution in [0.4, 0.5) is 4.79 Å². The van der Waals surface area contributed by atoms with E-state index in [0.29, 0.717) is 24.4 Å². The van der Waals surface area contributed by atoms with Gasteiger partial charge >= 0.3 is 6.03 Å². The second-order valence-corrected chi connectivity index (χ2v) is 9.15. The van der Waals surface area contributed by atoms with E-state index in [2.05, 4.69) is 22.5 Å². The lowest BCUT2D eigenvalue weighted by molar-refractivity contribution is -0.122. The Labute approximate surface area is 170 Å². The lowest BCUT2D eigenvalue weighted by atomic mass is 9.93. The molecule has 3 amide bonds. The SMILES string of the molecule is CC(CCNC(=O)CC1CCN(C(=O)NC2CCCCC2)CC1)N1CCCC1. The molecule has 160 valence electrons. The molecule has 1 saturated carbocycles. The van der Waals surface area contributed by atoms with Gasteiger partial charge in [-0.3, -0.25) is 4.79 Å². The number of amides is 3. The molecule has 0 aromatic heterocycles. The molecule has 2 heterocycles. The van der Waals surface area contributed by atoms with Gasteiger partial charge in [0.25, 0.3) is 0 Å². The van der Waals surface area contributed by atoms with Crippen molar-refractivity contribution >= 4 is 11.9 Å². The number of hydrogen-bond donors (Lipinski definition) is 2. The average Bonchev–Trinajstić information content (AvgIpc) is 3.24. The van der Waals surface area contributed by atoms with E-state index < -0.39 is 0 Å². The summed E-state index contributed by atoms with van der Waals surface area (Å²) in [6, 6.07) is 1.03. The molecule has 3 aliphatic rings. The zero-order valence-corrected chi connectivity index (χ0v) is 17.8. The second-order valence-electron chi connectivity index (χ2n) is 9.15. The Morgan fingerprint density at radius 3 is 2.29 bits per heavy atom. The molecule has 6 nitrogen and oxygen atoms in total. The highest BCUT2D eigenvalue weighted by Crippen LogP contribution is 2.22. The molecule has 1 unspecified atom stereocenters. The number of nitrogens with one attached hydrogen (secondary N) is 2. The van der Waals surface area contributed by atoms with E-state index in [-0.39, 0.29) is 11.9 Å². The van der Waals surface area contributed by atoms with E-state index in [9.17, 15) is 9.59 Å². The van der Waals surface area contributed by atoms with Gasteiger partial charge in [0.2, 0.25) is 5.91 Å². The zero-order chi connectivity index (χ0) is 19.8. The number of rotatable bonds is 7. The van der Waals surface area contributed by atoms with Crippen molar-refractivity contribution in [2.75, 3.05) is 32.7 Å². The average molecular weight is 393 g/mol. The van der Waals surface area contributed by atoms with Crippen molar-refractivity contribution in [3.8, 4) is 0 Å². The van der Waals surface area contributed by atoms with Crippen LogP contribution >= 0.6 is 0 Å². The quantitative estimate of drug-likeness (QED) is 0.700. The predicted molar refractivity (Wildman–Crippen MR) is 112 cm³/mol. The van der Waals surface area contributed by atoms with Crippen LogP contribution in [0.3, 0.4) is 0 Å². The third kappa shape index (κ3) is 6.64. The van der Waals surface area contributed by atoms with Gasteiger partial charge in [0, 0.05) is 38.1 Å². The van der Waals surface area contributed by atoms with E-state index in [0.717, 1.165) is 51.7 Å². The Bertz CT molecular complexity index is 493. The van der Waals surface area contributed by atoms with Gasteiger partial charge in [-0.25, -0.2) is 4.79 Å². The van der Waals surface area contributed by atoms with Gasteiger partial charge in [0.05, 0.1) is 0 Å². The molecule has 0 radical (unpaired) electrons. The van der Waals surface area contributed by atoms with E-state index in [1.54, 1.807) is 0 Å². The number of piperidine rings is 1. The summed E-state index contributed by atoms with van der Waals surface area (Å²) in [5, 5.41) is 6.32. The summed E-state index contributed by atoms with van der Waals surface area (Å²) in [5.41, 5.74) is 0. The molecule has 2 saturated heterocycles. The van der Waals surface area contributed by atoms with E-state index in [1.165, 1.54) is 45.2 Å². The molecule has 6 heteroatoms. The van der Waals surface area contributed by atoms with Gasteiger partial charge in [-0.15, -0.1) is 0 Å². The molecule has 2 aliphatic heterocycles. The van der Waals surface area contributed by atoms with Crippen LogP contribution in [0.2, 0.25) is 0 Å². The Hall–Kier alpha value is -1.30. The molecule has 3 fully saturated rings. The first-order chi connectivity index (χ1) is 13.6. The highest BCUT2D eigenvalue weighted by Gasteiger charge is 2.26. The third-order valence-electron chi connectivity index (χ3n) is 6.96. The molecular weight excluding hydrogens is 352 g/mol. The summed E-state index contributed by atoms with van der Waals surface area (Å²) in [7, 11) is 0. The Morgan fingerprint density at radius 1 is 0.929 bits per heavy atom. The monoisotopic (exact) mass is 392 g/mol. The first kappa shape index (κ1) is 21.4. The molecule has 2 N–H and O–H groups in total. The highest BCUT2D eigenvalue weighted by atomic mass is 16.2. The van der Waals surface area contributed by atoms with Gasteiger partial charge in [-0.1, -0.05) is 19.3 Å². The van der Waals surface area contributed by atoms with Crippen LogP contribution in [0.25, 0.3) is 0 Å². The fourth-order valence-electron chi connectivity index (χ4n) is 4.97. The van der Waals surface area contributed by atoms with Crippen LogP contribution in [0.1, 0.15) is 77.6 Å². The summed E-state index contributed by atoms with van der Waals surface area (Å²) in [5.74, 6) is 0.591. The number of nitrogens with zero attached hydrogens (tertiary/aromatic N) is 2. The molecule has 0 aromatic rings. The van der Waals surface area contributed by atoms with Crippen LogP contribution in [-0.4, -0.2) is 66.5 Å². The molecule has 28 heavy (non-hydrogen) atoms. The fourth-order valence-corrected chi connectivity index (χ4v) is 4.97. The maximum atomic E-state index is 12.4. The minimum atomic E-state index is 0.103. The van der Waals surface area contributed by atoms with Gasteiger partial charge in [-0.05, 0) is 70.9 Å². The summed E-state index contributed by atoms with van der Waals surface area (Å²) in [4.78, 5) is 29.2. The smallest absolute Gasteiger partial charge is 0.317 e. The van der Waals surface area contributed by atoms with Crippen molar-refractivity contribution in [2.24, 2.45) is 5.92 Å². The van der Waals surface area contributed by atoms with Crippen molar-refractivity contribution in [3.05, 3.63) is 0 Å². The van der Waals surface area contributed by atoms with Gasteiger partial charge in [0.15, 0.2) is 0 Å². The molecule has 0 spiro atoms. The predicted octanol–water partition coefficient (Wildman–Crippen LogP) is 3.12. The first-order valence-corrected chi connectivity index (χ1v) is 11.7. The number of carbonyl (C=O) groups is 2. The van der Waals surface area contributed by atoms with Crippen molar-refractivity contribution in [1.29, 1.82) is 0 Å². The minimum absolute atomic E-state index is 0.103. The molecule has 0 bridgehead atoms. The maximum Gasteiger partial charge on any atom is 0.317 e. The number of likely N-dealkylation sites (tertiary alicyclic amines) is 2. The normalized spacial score (nSPS) is 23.5. The summed E-state index contributed by atoms with van der Waals surface area (Å²) < 4.78 is 0. The summed E-state index contributed by atoms with van der Waals surface area (Å²) >= 11 is 0. The maximum absolute atomic E-state index is 12.4. The van der Waals surface area contributed by atoms with Crippen LogP contribution in [0, 0.1) is 5.92 Å². The topological polar surface area (TPSA) is 64.7 Å². The fraction of sp³-hybridized carbons (Fsp3) is 0.909. The van der Waals surface area contributed by atoms with Crippen LogP contribution in [-0.2, 0) is 4.79 Å². The molecule has 3 rings (SSSR count). The van der Waals surface area contributed by atoms with E-state index in [4.69, 9.17) is 0 Å². The van der Waals surface area contributed by atoms with E-state index in [1.807, 2.05) is 4.90 Å². The lowest BCUT2D eigenvalue weighted by Crippen LogP contribution is -2.48. The van der Waals surface area contributed by atoms with E-state index >= 15 is 0 Å². The molecule has 0 aromatic carbocycles. The number of carbonyl (C=O) groups excluding carboxylic acids is 2. The van der Waals surface area contributed by atoms with Crippen LogP contribution in [0.5, 0.6) is 0 Å². The molecule has 1 aliphatic carbocycles. The third-order valence-corrected chi connectivity index (χ3v) is 6.96. The Morgan fingerprint density at radius 2 is 1.61 bits per heavy atom. The standard InChI is InChI=1S/C22H40N4O2/c1-18(25-13-5-6-14-25)9-12-23-21(27)17-19-10-15-26(16-11-19)22(28)24-20-7-3-2-4-8-20/h18-20H,2-17H2,1H3,(H,23,27)(H,24,28). The largest absolute Gasteiger partial charge is 0.356 e. The number of hydrogen-bond acceptors (Lipinski definition) is 3.